The van der Waals surface area contributed by atoms with Crippen LogP contribution >= 0.6 is 0 Å². The van der Waals surface area contributed by atoms with Gasteiger partial charge >= 0.3 is 12.1 Å². The van der Waals surface area contributed by atoms with Crippen LogP contribution in [0.4, 0.5) is 23.4 Å². The maximum Gasteiger partial charge on any atom is 0.434 e. The molecule has 0 bridgehead atoms. The summed E-state index contributed by atoms with van der Waals surface area (Å²) in [5.41, 5.74) is -3.13. The van der Waals surface area contributed by atoms with E-state index in [1.807, 2.05) is 0 Å². The molecule has 2 aromatic rings. The Balaban J connectivity index is 2.70. The zero-order valence-electron chi connectivity index (χ0n) is 10.7. The minimum Gasteiger partial charge on any atom is -0.478 e. The van der Waals surface area contributed by atoms with Crippen LogP contribution in [0.5, 0.6) is 0 Å². The van der Waals surface area contributed by atoms with Crippen molar-refractivity contribution in [3.05, 3.63) is 29.2 Å². The molecule has 0 aromatic carbocycles. The number of hydrogen-bond acceptors (Lipinski definition) is 4. The number of anilines is 1. The largest absolute Gasteiger partial charge is 0.478 e. The summed E-state index contributed by atoms with van der Waals surface area (Å²) in [7, 11) is 0. The van der Waals surface area contributed by atoms with E-state index in [1.165, 1.54) is 0 Å². The lowest BCUT2D eigenvalue weighted by Crippen LogP contribution is -2.16. The van der Waals surface area contributed by atoms with Gasteiger partial charge in [-0.05, 0) is 12.1 Å². The number of halogens is 4. The van der Waals surface area contributed by atoms with E-state index in [9.17, 15) is 22.4 Å². The van der Waals surface area contributed by atoms with Crippen molar-refractivity contribution in [2.45, 2.75) is 6.18 Å². The van der Waals surface area contributed by atoms with E-state index < -0.39 is 34.9 Å². The van der Waals surface area contributed by atoms with Crippen molar-refractivity contribution in [3.63, 3.8) is 0 Å². The van der Waals surface area contributed by atoms with Gasteiger partial charge in [-0.25, -0.2) is 19.2 Å². The molecule has 0 spiro atoms. The van der Waals surface area contributed by atoms with E-state index in [4.69, 9.17) is 11.5 Å². The number of rotatable bonds is 3. The van der Waals surface area contributed by atoms with Gasteiger partial charge in [-0.2, -0.15) is 13.2 Å². The maximum absolute atomic E-state index is 13.7. The third-order valence-corrected chi connectivity index (χ3v) is 2.61. The number of hydrogen-bond donors (Lipinski definition) is 2. The van der Waals surface area contributed by atoms with Gasteiger partial charge in [0.2, 0.25) is 0 Å². The minimum absolute atomic E-state index is 0.0885. The van der Waals surface area contributed by atoms with Gasteiger partial charge in [0, 0.05) is 5.39 Å². The zero-order valence-corrected chi connectivity index (χ0v) is 10.7. The first-order chi connectivity index (χ1) is 10.2. The number of carbonyl (C=O) groups is 1. The number of carboxylic acid groups (broad SMARTS) is 1. The average molecular weight is 313 g/mol. The van der Waals surface area contributed by atoms with Crippen molar-refractivity contribution in [2.24, 2.45) is 0 Å². The highest BCUT2D eigenvalue weighted by atomic mass is 19.4. The predicted molar refractivity (Wildman–Crippen MR) is 68.8 cm³/mol. The number of fused-ring (bicyclic) bond motifs is 1. The van der Waals surface area contributed by atoms with E-state index in [0.717, 1.165) is 6.07 Å². The van der Waals surface area contributed by atoms with Crippen LogP contribution in [-0.2, 0) is 6.18 Å². The van der Waals surface area contributed by atoms with E-state index in [1.54, 1.807) is 0 Å². The molecular weight excluding hydrogens is 306 g/mol. The molecular formula is C13H7F4N3O2. The lowest BCUT2D eigenvalue weighted by Gasteiger charge is -2.11. The molecule has 2 heterocycles. The fraction of sp³-hybridized carbons (Fsp3) is 0.154. The van der Waals surface area contributed by atoms with Crippen LogP contribution in [0, 0.1) is 18.2 Å². The van der Waals surface area contributed by atoms with Gasteiger partial charge in [0.15, 0.2) is 23.0 Å². The molecule has 0 saturated heterocycles. The second-order valence-corrected chi connectivity index (χ2v) is 4.11. The first kappa shape index (κ1) is 15.5. The van der Waals surface area contributed by atoms with Crippen LogP contribution in [0.3, 0.4) is 0 Å². The van der Waals surface area contributed by atoms with E-state index in [2.05, 4.69) is 21.2 Å². The highest BCUT2D eigenvalue weighted by Gasteiger charge is 2.38. The quantitative estimate of drug-likeness (QED) is 0.673. The highest BCUT2D eigenvalue weighted by molar-refractivity contribution is 5.93. The molecule has 0 atom stereocenters. The molecule has 0 saturated carbocycles. The molecule has 9 heteroatoms. The minimum atomic E-state index is -4.98. The Morgan fingerprint density at radius 1 is 1.36 bits per heavy atom. The molecule has 0 unspecified atom stereocenters. The fourth-order valence-electron chi connectivity index (χ4n) is 1.72. The summed E-state index contributed by atoms with van der Waals surface area (Å²) < 4.78 is 52.3. The molecule has 0 fully saturated rings. The number of nitrogens with one attached hydrogen (secondary N) is 1. The Kier molecular flexibility index (Phi) is 3.86. The Morgan fingerprint density at radius 2 is 2.05 bits per heavy atom. The first-order valence-electron chi connectivity index (χ1n) is 5.73. The van der Waals surface area contributed by atoms with Gasteiger partial charge in [-0.1, -0.05) is 5.92 Å². The molecule has 0 aliphatic heterocycles. The first-order valence-corrected chi connectivity index (χ1v) is 5.73. The fourth-order valence-corrected chi connectivity index (χ4v) is 1.72. The number of nitrogens with zero attached hydrogens (tertiary/aromatic N) is 2. The molecule has 5 nitrogen and oxygen atoms in total. The standard InChI is InChI=1S/C13H7F4N3O2/c1-2-3-18-11-8(14)5-6-4-7(12(21)22)9(13(15,16)17)19-10(6)20-11/h1,4-5H,3H2,(H,21,22)(H,18,19,20). The predicted octanol–water partition coefficient (Wildman–Crippen LogP) is 2.53. The number of carboxylic acids is 1. The number of alkyl halides is 3. The average Bonchev–Trinajstić information content (AvgIpc) is 2.42. The Hall–Kier alpha value is -2.89. The lowest BCUT2D eigenvalue weighted by molar-refractivity contribution is -0.141. The molecule has 0 amide bonds. The van der Waals surface area contributed by atoms with Crippen molar-refractivity contribution in [1.82, 2.24) is 9.97 Å². The topological polar surface area (TPSA) is 75.1 Å². The molecule has 2 N–H and O–H groups in total. The molecule has 0 aliphatic carbocycles. The van der Waals surface area contributed by atoms with Gasteiger partial charge < -0.3 is 10.4 Å². The molecule has 2 aromatic heterocycles. The summed E-state index contributed by atoms with van der Waals surface area (Å²) in [5.74, 6) is -0.922. The third-order valence-electron chi connectivity index (χ3n) is 2.61. The lowest BCUT2D eigenvalue weighted by atomic mass is 10.1. The summed E-state index contributed by atoms with van der Waals surface area (Å²) >= 11 is 0. The van der Waals surface area contributed by atoms with Crippen LogP contribution in [0.1, 0.15) is 16.1 Å². The van der Waals surface area contributed by atoms with E-state index in [0.29, 0.717) is 6.07 Å². The molecule has 114 valence electrons. The summed E-state index contributed by atoms with van der Waals surface area (Å²) in [6.07, 6.45) is -0.000702. The van der Waals surface area contributed by atoms with Crippen LogP contribution in [0.15, 0.2) is 12.1 Å². The number of terminal acetylenes is 1. The summed E-state index contributed by atoms with van der Waals surface area (Å²) in [4.78, 5) is 17.7. The smallest absolute Gasteiger partial charge is 0.434 e. The van der Waals surface area contributed by atoms with Crippen molar-refractivity contribution in [1.29, 1.82) is 0 Å². The van der Waals surface area contributed by atoms with Crippen LogP contribution in [0.2, 0.25) is 0 Å². The summed E-state index contributed by atoms with van der Waals surface area (Å²) in [5, 5.41) is 11.1. The number of aromatic nitrogens is 2. The molecule has 2 rings (SSSR count). The van der Waals surface area contributed by atoms with Gasteiger partial charge in [0.25, 0.3) is 0 Å². The van der Waals surface area contributed by atoms with Crippen molar-refractivity contribution in [2.75, 3.05) is 11.9 Å². The zero-order chi connectivity index (χ0) is 16.5. The maximum atomic E-state index is 13.7. The number of pyridine rings is 2. The monoisotopic (exact) mass is 313 g/mol. The van der Waals surface area contributed by atoms with E-state index >= 15 is 0 Å². The van der Waals surface area contributed by atoms with Gasteiger partial charge in [-0.15, -0.1) is 6.42 Å². The second kappa shape index (κ2) is 5.48. The molecule has 0 radical (unpaired) electrons. The van der Waals surface area contributed by atoms with Crippen molar-refractivity contribution in [3.8, 4) is 12.3 Å². The number of aromatic carboxylic acids is 1. The van der Waals surface area contributed by atoms with Crippen LogP contribution in [-0.4, -0.2) is 27.6 Å². The van der Waals surface area contributed by atoms with E-state index in [-0.39, 0.29) is 17.7 Å². The third kappa shape index (κ3) is 2.90. The SMILES string of the molecule is C#CCNc1nc2nc(C(F)(F)F)c(C(=O)O)cc2cc1F. The normalized spacial score (nSPS) is 11.2. The Morgan fingerprint density at radius 3 is 2.59 bits per heavy atom. The molecule has 22 heavy (non-hydrogen) atoms. The van der Waals surface area contributed by atoms with Crippen molar-refractivity contribution < 1.29 is 27.5 Å². The molecule has 0 aliphatic rings. The Bertz CT molecular complexity index is 796. The van der Waals surface area contributed by atoms with Crippen molar-refractivity contribution >= 4 is 22.8 Å². The Labute approximate surface area is 121 Å². The summed E-state index contributed by atoms with van der Waals surface area (Å²) in [6, 6.07) is 1.51. The van der Waals surface area contributed by atoms with Gasteiger partial charge in [0.1, 0.15) is 0 Å². The van der Waals surface area contributed by atoms with Crippen LogP contribution in [0.25, 0.3) is 11.0 Å². The van der Waals surface area contributed by atoms with Crippen LogP contribution < -0.4 is 5.32 Å². The summed E-state index contributed by atoms with van der Waals surface area (Å²) in [6.45, 7) is -0.0885. The van der Waals surface area contributed by atoms with Gasteiger partial charge in [-0.3, -0.25) is 0 Å². The van der Waals surface area contributed by atoms with Gasteiger partial charge in [0.05, 0.1) is 12.1 Å². The second-order valence-electron chi connectivity index (χ2n) is 4.11. The highest BCUT2D eigenvalue weighted by Crippen LogP contribution is 2.32.